The Hall–Kier alpha value is 0.220. The van der Waals surface area contributed by atoms with Gasteiger partial charge in [0.2, 0.25) is 0 Å². The summed E-state index contributed by atoms with van der Waals surface area (Å²) in [5, 5.41) is 0. The third kappa shape index (κ3) is 37.5. The molecule has 8 nitrogen and oxygen atoms in total. The maximum atomic E-state index is 12.6. The molecule has 0 aliphatic rings. The highest BCUT2D eigenvalue weighted by Crippen LogP contribution is 2.50. The molecule has 0 amide bonds. The number of hydrogen-bond donors (Lipinski definition) is 0. The van der Waals surface area contributed by atoms with E-state index in [1.807, 2.05) is 13.8 Å². The van der Waals surface area contributed by atoms with Crippen molar-refractivity contribution in [3.8, 4) is 0 Å². The number of unbranched alkanes of at least 4 members (excludes halogenated alkanes) is 20. The molecule has 0 atom stereocenters. The molecule has 0 aliphatic carbocycles. The van der Waals surface area contributed by atoms with Crippen LogP contribution in [0.15, 0.2) is 0 Å². The standard InChI is InChI=1S/2C19H41O4P/c2*1-4-7-9-11-13-15-18-22-24(20,21-17-6-3)23-19-16-14-12-10-8-5-2/h2*4-19H2,1-3H3. The summed E-state index contributed by atoms with van der Waals surface area (Å²) in [6.07, 6.45) is 29.9. The minimum atomic E-state index is -3.36. The Balaban J connectivity index is 0. The van der Waals surface area contributed by atoms with Crippen LogP contribution in [0.2, 0.25) is 0 Å². The van der Waals surface area contributed by atoms with Crippen LogP contribution in [0.3, 0.4) is 0 Å². The van der Waals surface area contributed by atoms with Crippen LogP contribution in [-0.2, 0) is 36.3 Å². The highest BCUT2D eigenvalue weighted by Gasteiger charge is 2.26. The maximum Gasteiger partial charge on any atom is 0.474 e. The lowest BCUT2D eigenvalue weighted by Crippen LogP contribution is -2.04. The second-order valence-corrected chi connectivity index (χ2v) is 16.3. The first kappa shape index (κ1) is 50.3. The van der Waals surface area contributed by atoms with Gasteiger partial charge >= 0.3 is 15.6 Å². The molecular formula is C38H82O8P2. The van der Waals surface area contributed by atoms with Gasteiger partial charge in [-0.2, -0.15) is 0 Å². The van der Waals surface area contributed by atoms with Crippen LogP contribution in [0.25, 0.3) is 0 Å². The lowest BCUT2D eigenvalue weighted by Gasteiger charge is -2.17. The van der Waals surface area contributed by atoms with Crippen LogP contribution in [0.5, 0.6) is 0 Å². The van der Waals surface area contributed by atoms with E-state index in [4.69, 9.17) is 27.1 Å². The average molecular weight is 729 g/mol. The van der Waals surface area contributed by atoms with Crippen molar-refractivity contribution >= 4 is 15.6 Å². The Morgan fingerprint density at radius 2 is 0.438 bits per heavy atom. The van der Waals surface area contributed by atoms with E-state index in [9.17, 15) is 9.13 Å². The smallest absolute Gasteiger partial charge is 0.287 e. The second kappa shape index (κ2) is 40.0. The van der Waals surface area contributed by atoms with E-state index in [0.717, 1.165) is 64.2 Å². The number of hydrogen-bond acceptors (Lipinski definition) is 8. The van der Waals surface area contributed by atoms with E-state index in [1.54, 1.807) is 0 Å². The van der Waals surface area contributed by atoms with Gasteiger partial charge in [-0.3, -0.25) is 27.1 Å². The van der Waals surface area contributed by atoms with E-state index in [2.05, 4.69) is 27.7 Å². The van der Waals surface area contributed by atoms with Crippen molar-refractivity contribution in [2.75, 3.05) is 39.6 Å². The molecule has 0 saturated heterocycles. The first-order chi connectivity index (χ1) is 23.4. The number of phosphoric ester groups is 2. The second-order valence-electron chi connectivity index (χ2n) is 13.0. The van der Waals surface area contributed by atoms with Crippen molar-refractivity contribution in [3.05, 3.63) is 0 Å². The largest absolute Gasteiger partial charge is 0.474 e. The Morgan fingerprint density at radius 3 is 0.646 bits per heavy atom. The van der Waals surface area contributed by atoms with Crippen molar-refractivity contribution in [1.29, 1.82) is 0 Å². The third-order valence-electron chi connectivity index (χ3n) is 7.90. The fraction of sp³-hybridized carbons (Fsp3) is 1.00. The molecule has 0 rings (SSSR count). The van der Waals surface area contributed by atoms with E-state index in [-0.39, 0.29) is 0 Å². The molecule has 0 saturated carbocycles. The highest BCUT2D eigenvalue weighted by molar-refractivity contribution is 7.48. The molecule has 0 aromatic rings. The molecule has 0 spiro atoms. The van der Waals surface area contributed by atoms with E-state index >= 15 is 0 Å². The summed E-state index contributed by atoms with van der Waals surface area (Å²) < 4.78 is 57.9. The molecule has 0 aromatic carbocycles. The Labute approximate surface area is 299 Å². The van der Waals surface area contributed by atoms with Gasteiger partial charge in [-0.05, 0) is 38.5 Å². The summed E-state index contributed by atoms with van der Waals surface area (Å²) in [4.78, 5) is 0. The summed E-state index contributed by atoms with van der Waals surface area (Å²) in [5.41, 5.74) is 0. The van der Waals surface area contributed by atoms with Crippen molar-refractivity contribution < 1.29 is 36.3 Å². The maximum absolute atomic E-state index is 12.6. The molecule has 0 radical (unpaired) electrons. The van der Waals surface area contributed by atoms with Gasteiger partial charge in [0, 0.05) is 0 Å². The van der Waals surface area contributed by atoms with Gasteiger partial charge in [-0.15, -0.1) is 0 Å². The molecule has 0 aromatic heterocycles. The van der Waals surface area contributed by atoms with Gasteiger partial charge in [-0.1, -0.05) is 170 Å². The van der Waals surface area contributed by atoms with Gasteiger partial charge in [0.05, 0.1) is 39.6 Å². The zero-order valence-corrected chi connectivity index (χ0v) is 34.6. The molecular weight excluding hydrogens is 646 g/mol. The van der Waals surface area contributed by atoms with Gasteiger partial charge < -0.3 is 0 Å². The molecule has 0 bridgehead atoms. The third-order valence-corrected chi connectivity index (χ3v) is 10.9. The van der Waals surface area contributed by atoms with Crippen LogP contribution in [-0.4, -0.2) is 39.6 Å². The van der Waals surface area contributed by atoms with Crippen LogP contribution < -0.4 is 0 Å². The SMILES string of the molecule is CCCCCCCCOP(=O)(OCCC)OCCCCCCCC.CCCCCCCCOP(=O)(OCCC)OCCCCCCCC. The monoisotopic (exact) mass is 729 g/mol. The van der Waals surface area contributed by atoms with Crippen molar-refractivity contribution in [1.82, 2.24) is 0 Å². The molecule has 0 fully saturated rings. The van der Waals surface area contributed by atoms with Gasteiger partial charge in [0.1, 0.15) is 0 Å². The minimum absolute atomic E-state index is 0.421. The summed E-state index contributed by atoms with van der Waals surface area (Å²) in [5.74, 6) is 0. The normalized spacial score (nSPS) is 12.0. The van der Waals surface area contributed by atoms with Crippen LogP contribution >= 0.6 is 15.6 Å². The van der Waals surface area contributed by atoms with Crippen LogP contribution in [0, 0.1) is 0 Å². The minimum Gasteiger partial charge on any atom is -0.287 e. The molecule has 0 aliphatic heterocycles. The summed E-state index contributed by atoms with van der Waals surface area (Å²) in [6.45, 7) is 15.5. The highest BCUT2D eigenvalue weighted by atomic mass is 31.2. The zero-order chi connectivity index (χ0) is 35.9. The van der Waals surface area contributed by atoms with Gasteiger partial charge in [0.15, 0.2) is 0 Å². The molecule has 10 heteroatoms. The molecule has 292 valence electrons. The topological polar surface area (TPSA) is 89.5 Å². The summed E-state index contributed by atoms with van der Waals surface area (Å²) in [7, 11) is -6.72. The van der Waals surface area contributed by atoms with Crippen LogP contribution in [0.4, 0.5) is 0 Å². The van der Waals surface area contributed by atoms with Crippen molar-refractivity contribution in [3.63, 3.8) is 0 Å². The lowest BCUT2D eigenvalue weighted by atomic mass is 10.1. The van der Waals surface area contributed by atoms with Gasteiger partial charge in [0.25, 0.3) is 0 Å². The first-order valence-electron chi connectivity index (χ1n) is 20.4. The lowest BCUT2D eigenvalue weighted by molar-refractivity contribution is 0.109. The number of phosphoric acid groups is 2. The van der Waals surface area contributed by atoms with E-state index in [1.165, 1.54) is 103 Å². The quantitative estimate of drug-likeness (QED) is 0.0458. The molecule has 0 N–H and O–H groups in total. The predicted molar refractivity (Wildman–Crippen MR) is 205 cm³/mol. The van der Waals surface area contributed by atoms with Crippen molar-refractivity contribution in [2.45, 2.75) is 208 Å². The number of rotatable bonds is 38. The Morgan fingerprint density at radius 1 is 0.250 bits per heavy atom. The van der Waals surface area contributed by atoms with Gasteiger partial charge in [-0.25, -0.2) is 9.13 Å². The Kier molecular flexibility index (Phi) is 41.9. The zero-order valence-electron chi connectivity index (χ0n) is 32.8. The Bertz CT molecular complexity index is 608. The van der Waals surface area contributed by atoms with E-state index < -0.39 is 15.6 Å². The molecule has 48 heavy (non-hydrogen) atoms. The molecule has 0 unspecified atom stereocenters. The summed E-state index contributed by atoms with van der Waals surface area (Å²) >= 11 is 0. The fourth-order valence-electron chi connectivity index (χ4n) is 4.86. The van der Waals surface area contributed by atoms with Crippen LogP contribution in [0.1, 0.15) is 208 Å². The summed E-state index contributed by atoms with van der Waals surface area (Å²) in [6, 6.07) is 0. The first-order valence-corrected chi connectivity index (χ1v) is 23.4. The predicted octanol–water partition coefficient (Wildman–Crippen LogP) is 14.6. The fourth-order valence-corrected chi connectivity index (χ4v) is 7.54. The van der Waals surface area contributed by atoms with E-state index in [0.29, 0.717) is 39.6 Å². The average Bonchev–Trinajstić information content (AvgIpc) is 3.09. The molecule has 0 heterocycles. The van der Waals surface area contributed by atoms with Crippen molar-refractivity contribution in [2.24, 2.45) is 0 Å².